The topological polar surface area (TPSA) is 133 Å². The maximum Gasteiger partial charge on any atom is 0.204 e. The maximum absolute atomic E-state index is 10.9. The van der Waals surface area contributed by atoms with Gasteiger partial charge in [-0.3, -0.25) is 29.3 Å². The molecule has 2 heterocycles. The van der Waals surface area contributed by atoms with Gasteiger partial charge in [0.2, 0.25) is 18.2 Å². The van der Waals surface area contributed by atoms with E-state index in [0.29, 0.717) is 13.3 Å². The van der Waals surface area contributed by atoms with Gasteiger partial charge in [0.15, 0.2) is 0 Å². The second kappa shape index (κ2) is 12.4. The number of fused-ring (bicyclic) bond motifs is 2. The molecule has 8 nitrogen and oxygen atoms in total. The van der Waals surface area contributed by atoms with Gasteiger partial charge in [-0.15, -0.1) is 0 Å². The molecular weight excluding hydrogens is 939 g/mol. The third kappa shape index (κ3) is 6.70. The first kappa shape index (κ1) is 29.4. The fraction of sp³-hybridized carbons (Fsp3) is 0.667. The quantitative estimate of drug-likeness (QED) is 0.115. The van der Waals surface area contributed by atoms with E-state index >= 15 is 0 Å². The number of hydrogen-bond acceptors (Lipinski definition) is 6. The van der Waals surface area contributed by atoms with E-state index in [0.717, 1.165) is 0 Å². The summed E-state index contributed by atoms with van der Waals surface area (Å²) < 4.78 is 4.38. The molecule has 2 aliphatic carbocycles. The normalized spacial score (nSPS) is 30.7. The molecule has 4 aliphatic rings. The standard InChI is InChI=1S/C7H9NO2.C7H8O3.CH3NO.I3.I2/c1-7(2)3-4(7)6(10)8-5(3)9;1-7(2)3-4(7)6(9)10-5(3)8;2-1-3;1-3-2;1-2/h3-4H,1-2H3,(H,8,9,10);3-4H,1-2H3;1H,(H2,2,3);;/q;;;-1;/t2*3-,4+;;;. The van der Waals surface area contributed by atoms with E-state index in [2.05, 4.69) is 90.3 Å². The molecule has 0 bridgehead atoms. The van der Waals surface area contributed by atoms with Crippen LogP contribution >= 0.6 is 74.5 Å². The molecular formula is C15H20I5N2O6-. The van der Waals surface area contributed by atoms with Crippen LogP contribution < -0.4 is 24.3 Å². The number of halogens is 5. The molecule has 0 radical (unpaired) electrons. The van der Waals surface area contributed by atoms with E-state index in [1.807, 2.05) is 27.7 Å². The summed E-state index contributed by atoms with van der Waals surface area (Å²) >= 11 is 9.54. The Morgan fingerprint density at radius 1 is 0.893 bits per heavy atom. The summed E-state index contributed by atoms with van der Waals surface area (Å²) in [5.41, 5.74) is 3.99. The number of rotatable bonds is 0. The smallest absolute Gasteiger partial charge is 0.204 e. The molecule has 4 fully saturated rings. The Morgan fingerprint density at radius 2 is 1.14 bits per heavy atom. The van der Waals surface area contributed by atoms with Crippen molar-refractivity contribution in [2.24, 2.45) is 40.2 Å². The van der Waals surface area contributed by atoms with E-state index in [4.69, 9.17) is 4.79 Å². The van der Waals surface area contributed by atoms with Crippen LogP contribution in [0.4, 0.5) is 0 Å². The number of nitrogens with two attached hydrogens (primary N) is 1. The van der Waals surface area contributed by atoms with Gasteiger partial charge in [0.1, 0.15) is 0 Å². The first-order chi connectivity index (χ1) is 12.9. The van der Waals surface area contributed by atoms with Crippen LogP contribution in [0.15, 0.2) is 0 Å². The van der Waals surface area contributed by atoms with Gasteiger partial charge in [-0.25, -0.2) is 0 Å². The van der Waals surface area contributed by atoms with Crippen LogP contribution in [0.1, 0.15) is 27.7 Å². The van der Waals surface area contributed by atoms with Gasteiger partial charge in [0.25, 0.3) is 0 Å². The first-order valence-corrected chi connectivity index (χ1v) is 26.6. The molecule has 0 unspecified atom stereocenters. The Bertz CT molecular complexity index is 548. The zero-order valence-electron chi connectivity index (χ0n) is 15.3. The molecule has 4 atom stereocenters. The molecule has 162 valence electrons. The molecule has 0 spiro atoms. The summed E-state index contributed by atoms with van der Waals surface area (Å²) in [5.74, 6) is -1.17. The first-order valence-electron chi connectivity index (χ1n) is 7.70. The van der Waals surface area contributed by atoms with Crippen molar-refractivity contribution in [2.45, 2.75) is 27.7 Å². The average Bonchev–Trinajstić information content (AvgIpc) is 3.22. The number of imide groups is 1. The number of ether oxygens (including phenoxy) is 1. The predicted molar refractivity (Wildman–Crippen MR) is 132 cm³/mol. The summed E-state index contributed by atoms with van der Waals surface area (Å²) in [6, 6.07) is 0. The SMILES string of the molecule is CC1(C)[C@@H]2C(=O)NC(=O)[C@@H]21.CC1(C)[C@@H]2C(=O)OC(=O)[C@@H]21.II.I[I-]I.NC=O. The van der Waals surface area contributed by atoms with Crippen LogP contribution in [0.3, 0.4) is 0 Å². The minimum atomic E-state index is -0.333. The second-order valence-electron chi connectivity index (χ2n) is 7.34. The van der Waals surface area contributed by atoms with Gasteiger partial charge in [-0.1, -0.05) is 27.7 Å². The number of amides is 3. The summed E-state index contributed by atoms with van der Waals surface area (Å²) in [4.78, 5) is 52.0. The van der Waals surface area contributed by atoms with E-state index in [-0.39, 0.29) is 64.7 Å². The predicted octanol–water partition coefficient (Wildman–Crippen LogP) is -0.0947. The molecule has 28 heavy (non-hydrogen) atoms. The van der Waals surface area contributed by atoms with Crippen molar-refractivity contribution in [3.05, 3.63) is 0 Å². The van der Waals surface area contributed by atoms with Crippen molar-refractivity contribution in [3.8, 4) is 0 Å². The third-order valence-corrected chi connectivity index (χ3v) is 5.18. The van der Waals surface area contributed by atoms with Crippen molar-refractivity contribution < 1.29 is 42.0 Å². The Balaban J connectivity index is 0.000000384. The number of cyclic esters (lactones) is 2. The second-order valence-corrected chi connectivity index (χ2v) is 23.6. The van der Waals surface area contributed by atoms with E-state index in [1.54, 1.807) is 0 Å². The fourth-order valence-corrected chi connectivity index (χ4v) is 3.64. The molecule has 0 aromatic heterocycles. The van der Waals surface area contributed by atoms with Gasteiger partial charge in [0, 0.05) is 37.2 Å². The van der Waals surface area contributed by atoms with Crippen molar-refractivity contribution >= 4 is 105 Å². The molecule has 2 aliphatic heterocycles. The van der Waals surface area contributed by atoms with E-state index in [1.165, 1.54) is 0 Å². The summed E-state index contributed by atoms with van der Waals surface area (Å²) in [5, 5.41) is 2.29. The Labute approximate surface area is 216 Å². The third-order valence-electron chi connectivity index (χ3n) is 5.18. The van der Waals surface area contributed by atoms with Crippen LogP contribution in [0.5, 0.6) is 0 Å². The van der Waals surface area contributed by atoms with E-state index in [9.17, 15) is 19.2 Å². The number of primary amides is 1. The average molecular weight is 959 g/mol. The summed E-state index contributed by atoms with van der Waals surface area (Å²) in [7, 11) is 0. The van der Waals surface area contributed by atoms with E-state index < -0.39 is 0 Å². The Morgan fingerprint density at radius 3 is 1.29 bits per heavy atom. The van der Waals surface area contributed by atoms with Crippen LogP contribution in [-0.4, -0.2) is 30.2 Å². The molecule has 4 rings (SSSR count). The van der Waals surface area contributed by atoms with Crippen LogP contribution in [0.2, 0.25) is 0 Å². The molecule has 0 aromatic carbocycles. The van der Waals surface area contributed by atoms with Gasteiger partial charge in [-0.05, 0) is 10.8 Å². The van der Waals surface area contributed by atoms with Crippen molar-refractivity contribution in [2.75, 3.05) is 0 Å². The van der Waals surface area contributed by atoms with Crippen LogP contribution in [-0.2, 0) is 28.7 Å². The summed E-state index contributed by atoms with van der Waals surface area (Å²) in [6.45, 7) is 7.75. The minimum absolute atomic E-state index is 0.0278. The van der Waals surface area contributed by atoms with Crippen molar-refractivity contribution in [1.82, 2.24) is 5.32 Å². The molecule has 2 saturated carbocycles. The summed E-state index contributed by atoms with van der Waals surface area (Å²) in [6.07, 6.45) is 0.250. The number of carbonyl (C=O) groups excluding carboxylic acids is 5. The molecule has 3 amide bonds. The zero-order chi connectivity index (χ0) is 22.4. The molecule has 13 heteroatoms. The Kier molecular flexibility index (Phi) is 13.1. The van der Waals surface area contributed by atoms with Crippen molar-refractivity contribution in [3.63, 3.8) is 0 Å². The Hall–Kier alpha value is 1.40. The number of hydrogen-bond donors (Lipinski definition) is 2. The van der Waals surface area contributed by atoms with Gasteiger partial charge < -0.3 is 10.5 Å². The fourth-order valence-electron chi connectivity index (χ4n) is 3.64. The monoisotopic (exact) mass is 959 g/mol. The number of nitrogens with one attached hydrogen (secondary N) is 1. The van der Waals surface area contributed by atoms with Crippen molar-refractivity contribution in [1.29, 1.82) is 0 Å². The van der Waals surface area contributed by atoms with Crippen LogP contribution in [0.25, 0.3) is 0 Å². The molecule has 2 saturated heterocycles. The van der Waals surface area contributed by atoms with Gasteiger partial charge >= 0.3 is 62.4 Å². The van der Waals surface area contributed by atoms with Gasteiger partial charge in [0.05, 0.1) is 23.7 Å². The zero-order valence-corrected chi connectivity index (χ0v) is 26.1. The number of carbonyl (C=O) groups is 5. The van der Waals surface area contributed by atoms with Gasteiger partial charge in [-0.2, -0.15) is 0 Å². The maximum atomic E-state index is 10.9. The minimum Gasteiger partial charge on any atom is -0.372 e. The molecule has 3 N–H and O–H groups in total. The number of esters is 2. The number of piperidine rings is 1. The molecule has 0 aromatic rings. The van der Waals surface area contributed by atoms with Crippen LogP contribution in [0, 0.1) is 34.5 Å². The largest absolute Gasteiger partial charge is 0.372 e.